The number of fused-ring (bicyclic) bond motifs is 1. The van der Waals surface area contributed by atoms with Crippen molar-refractivity contribution in [2.75, 3.05) is 25.2 Å². The summed E-state index contributed by atoms with van der Waals surface area (Å²) < 4.78 is 9.79. The van der Waals surface area contributed by atoms with Gasteiger partial charge in [-0.15, -0.1) is 0 Å². The lowest BCUT2D eigenvalue weighted by atomic mass is 10.0. The Morgan fingerprint density at radius 3 is 2.36 bits per heavy atom. The zero-order valence-electron chi connectivity index (χ0n) is 18.9. The monoisotopic (exact) mass is 452 g/mol. The molecule has 1 aliphatic heterocycles. The molecule has 2 aromatic rings. The van der Waals surface area contributed by atoms with Crippen molar-refractivity contribution in [2.24, 2.45) is 0 Å². The van der Waals surface area contributed by atoms with Crippen LogP contribution in [-0.2, 0) is 30.4 Å². The predicted molar refractivity (Wildman–Crippen MR) is 121 cm³/mol. The minimum absolute atomic E-state index is 0.245. The molecule has 1 atom stereocenters. The Hall–Kier alpha value is -3.68. The largest absolute Gasteiger partial charge is 0.468 e. The first-order valence-electron chi connectivity index (χ1n) is 10.9. The van der Waals surface area contributed by atoms with Crippen molar-refractivity contribution in [3.05, 3.63) is 65.7 Å². The smallest absolute Gasteiger partial charge is 0.325 e. The number of hydrogen-bond donors (Lipinski definition) is 0. The summed E-state index contributed by atoms with van der Waals surface area (Å²) in [4.78, 5) is 53.4. The van der Waals surface area contributed by atoms with E-state index in [1.807, 2.05) is 30.3 Å². The lowest BCUT2D eigenvalue weighted by molar-refractivity contribution is -0.141. The zero-order chi connectivity index (χ0) is 23.8. The van der Waals surface area contributed by atoms with E-state index in [1.165, 1.54) is 18.9 Å². The van der Waals surface area contributed by atoms with Gasteiger partial charge in [-0.1, -0.05) is 42.5 Å². The highest BCUT2D eigenvalue weighted by molar-refractivity contribution is 6.12. The van der Waals surface area contributed by atoms with Crippen molar-refractivity contribution < 1.29 is 28.7 Å². The number of carbonyl (C=O) groups excluding carboxylic acids is 4. The lowest BCUT2D eigenvalue weighted by Crippen LogP contribution is -2.49. The van der Waals surface area contributed by atoms with E-state index in [-0.39, 0.29) is 37.5 Å². The number of rotatable bonds is 9. The molecule has 0 saturated heterocycles. The average Bonchev–Trinajstić information content (AvgIpc) is 2.89. The number of hydrogen-bond acceptors (Lipinski definition) is 6. The van der Waals surface area contributed by atoms with Gasteiger partial charge < -0.3 is 14.4 Å². The van der Waals surface area contributed by atoms with E-state index in [1.54, 1.807) is 29.2 Å². The summed E-state index contributed by atoms with van der Waals surface area (Å²) in [5, 5.41) is 0. The van der Waals surface area contributed by atoms with Crippen LogP contribution in [0.5, 0.6) is 0 Å². The van der Waals surface area contributed by atoms with Crippen LogP contribution in [0.2, 0.25) is 0 Å². The van der Waals surface area contributed by atoms with Gasteiger partial charge >= 0.3 is 11.9 Å². The number of methoxy groups -OCH3 is 1. The number of anilines is 1. The Bertz CT molecular complexity index is 1010. The molecule has 33 heavy (non-hydrogen) atoms. The highest BCUT2D eigenvalue weighted by Crippen LogP contribution is 2.30. The van der Waals surface area contributed by atoms with Crippen LogP contribution in [0.15, 0.2) is 54.6 Å². The topological polar surface area (TPSA) is 93.2 Å². The summed E-state index contributed by atoms with van der Waals surface area (Å²) in [6.45, 7) is 1.55. The van der Waals surface area contributed by atoms with Gasteiger partial charge in [-0.05, 0) is 37.0 Å². The summed E-state index contributed by atoms with van der Waals surface area (Å²) >= 11 is 0. The second-order valence-electron chi connectivity index (χ2n) is 7.79. The third-order valence-corrected chi connectivity index (χ3v) is 5.50. The van der Waals surface area contributed by atoms with Crippen molar-refractivity contribution in [1.29, 1.82) is 0 Å². The summed E-state index contributed by atoms with van der Waals surface area (Å²) in [6, 6.07) is 15.5. The molecule has 0 spiro atoms. The second kappa shape index (κ2) is 11.3. The van der Waals surface area contributed by atoms with E-state index < -0.39 is 12.0 Å². The summed E-state index contributed by atoms with van der Waals surface area (Å²) in [5.41, 5.74) is 1.63. The summed E-state index contributed by atoms with van der Waals surface area (Å²) in [5.74, 6) is -1.56. The van der Waals surface area contributed by atoms with Crippen LogP contribution in [0, 0.1) is 0 Å². The molecule has 0 bridgehead atoms. The van der Waals surface area contributed by atoms with Gasteiger partial charge in [0.25, 0.3) is 5.91 Å². The zero-order valence-corrected chi connectivity index (χ0v) is 18.9. The van der Waals surface area contributed by atoms with Crippen LogP contribution in [0.25, 0.3) is 0 Å². The second-order valence-corrected chi connectivity index (χ2v) is 7.79. The van der Waals surface area contributed by atoms with Crippen molar-refractivity contribution in [3.8, 4) is 0 Å². The summed E-state index contributed by atoms with van der Waals surface area (Å²) in [6.07, 6.45) is 1.48. The van der Waals surface area contributed by atoms with E-state index in [2.05, 4.69) is 0 Å². The van der Waals surface area contributed by atoms with Crippen LogP contribution in [0.3, 0.4) is 0 Å². The third kappa shape index (κ3) is 5.97. The summed E-state index contributed by atoms with van der Waals surface area (Å²) in [7, 11) is 1.26. The van der Waals surface area contributed by atoms with Gasteiger partial charge in [0.05, 0.1) is 25.0 Å². The fraction of sp³-hybridized carbons (Fsp3) is 0.360. The van der Waals surface area contributed by atoms with Crippen molar-refractivity contribution in [3.63, 3.8) is 0 Å². The molecule has 3 rings (SSSR count). The number of para-hydroxylation sites is 1. The molecule has 0 N–H and O–H groups in total. The molecular weight excluding hydrogens is 424 g/mol. The Morgan fingerprint density at radius 1 is 0.970 bits per heavy atom. The molecule has 2 amide bonds. The minimum Gasteiger partial charge on any atom is -0.468 e. The maximum atomic E-state index is 13.7. The van der Waals surface area contributed by atoms with Crippen LogP contribution in [-0.4, -0.2) is 55.0 Å². The number of unbranched alkanes of at least 4 members (excludes halogenated alkanes) is 1. The van der Waals surface area contributed by atoms with Crippen LogP contribution >= 0.6 is 0 Å². The Labute approximate surface area is 193 Å². The highest BCUT2D eigenvalue weighted by atomic mass is 16.5. The van der Waals surface area contributed by atoms with E-state index in [4.69, 9.17) is 9.47 Å². The predicted octanol–water partition coefficient (Wildman–Crippen LogP) is 2.95. The first kappa shape index (κ1) is 24.0. The standard InChI is InChI=1S/C25H28N2O6/c1-18(28)33-15-9-8-14-22-25(31)27(17-23(29)32-2)21-13-7-6-12-20(21)24(30)26(22)16-19-10-4-3-5-11-19/h3-7,10-13,22H,8-9,14-17H2,1-2H3. The van der Waals surface area contributed by atoms with Crippen LogP contribution in [0.4, 0.5) is 5.69 Å². The van der Waals surface area contributed by atoms with Gasteiger partial charge in [-0.3, -0.25) is 24.1 Å². The molecule has 0 radical (unpaired) electrons. The van der Waals surface area contributed by atoms with Gasteiger partial charge in [-0.25, -0.2) is 0 Å². The van der Waals surface area contributed by atoms with Crippen LogP contribution in [0.1, 0.15) is 42.1 Å². The van der Waals surface area contributed by atoms with Gasteiger partial charge in [0.15, 0.2) is 0 Å². The molecule has 1 aliphatic rings. The number of amides is 2. The molecule has 2 aromatic carbocycles. The maximum absolute atomic E-state index is 13.7. The maximum Gasteiger partial charge on any atom is 0.325 e. The van der Waals surface area contributed by atoms with Gasteiger partial charge in [0, 0.05) is 13.5 Å². The van der Waals surface area contributed by atoms with Crippen molar-refractivity contribution >= 4 is 29.4 Å². The first-order chi connectivity index (χ1) is 15.9. The molecule has 8 heteroatoms. The normalized spacial score (nSPS) is 15.6. The molecule has 8 nitrogen and oxygen atoms in total. The SMILES string of the molecule is COC(=O)CN1C(=O)C(CCCCOC(C)=O)N(Cc2ccccc2)C(=O)c2ccccc21. The minimum atomic E-state index is -0.785. The Kier molecular flexibility index (Phi) is 8.18. The molecular formula is C25H28N2O6. The van der Waals surface area contributed by atoms with E-state index >= 15 is 0 Å². The molecule has 0 aromatic heterocycles. The Balaban J connectivity index is 1.95. The molecule has 1 heterocycles. The average molecular weight is 453 g/mol. The quantitative estimate of drug-likeness (QED) is 0.429. The first-order valence-corrected chi connectivity index (χ1v) is 10.9. The van der Waals surface area contributed by atoms with Gasteiger partial charge in [-0.2, -0.15) is 0 Å². The number of esters is 2. The Morgan fingerprint density at radius 2 is 1.67 bits per heavy atom. The van der Waals surface area contributed by atoms with E-state index in [9.17, 15) is 19.2 Å². The fourth-order valence-corrected chi connectivity index (χ4v) is 3.87. The number of benzene rings is 2. The fourth-order valence-electron chi connectivity index (χ4n) is 3.87. The molecule has 1 unspecified atom stereocenters. The molecule has 174 valence electrons. The highest BCUT2D eigenvalue weighted by Gasteiger charge is 2.39. The van der Waals surface area contributed by atoms with Crippen LogP contribution < -0.4 is 4.90 Å². The van der Waals surface area contributed by atoms with Crippen molar-refractivity contribution in [2.45, 2.75) is 38.8 Å². The van der Waals surface area contributed by atoms with Crippen molar-refractivity contribution in [1.82, 2.24) is 4.90 Å². The molecule has 0 aliphatic carbocycles. The lowest BCUT2D eigenvalue weighted by Gasteiger charge is -2.31. The molecule has 0 saturated carbocycles. The number of carbonyl (C=O) groups is 4. The van der Waals surface area contributed by atoms with Gasteiger partial charge in [0.1, 0.15) is 12.6 Å². The van der Waals surface area contributed by atoms with E-state index in [0.717, 1.165) is 5.56 Å². The van der Waals surface area contributed by atoms with Gasteiger partial charge in [0.2, 0.25) is 5.91 Å². The van der Waals surface area contributed by atoms with E-state index in [0.29, 0.717) is 30.5 Å². The number of ether oxygens (including phenoxy) is 2. The molecule has 0 fully saturated rings. The number of nitrogens with zero attached hydrogens (tertiary/aromatic N) is 2. The third-order valence-electron chi connectivity index (χ3n) is 5.50.